The molecule has 0 amide bonds. The largest absolute Gasteiger partial charge is 0.394 e. The van der Waals surface area contributed by atoms with E-state index in [1.165, 1.54) is 10.9 Å². The zero-order valence-electron chi connectivity index (χ0n) is 12.0. The normalized spacial score (nSPS) is 25.5. The van der Waals surface area contributed by atoms with Gasteiger partial charge in [-0.2, -0.15) is 8.78 Å². The van der Waals surface area contributed by atoms with Crippen LogP contribution in [0, 0.1) is 5.92 Å². The lowest BCUT2D eigenvalue weighted by atomic mass is 10.0. The van der Waals surface area contributed by atoms with Crippen molar-refractivity contribution < 1.29 is 32.3 Å². The highest BCUT2D eigenvalue weighted by Crippen LogP contribution is 2.57. The summed E-state index contributed by atoms with van der Waals surface area (Å²) in [7, 11) is -5.68. The van der Waals surface area contributed by atoms with Gasteiger partial charge >= 0.3 is 13.3 Å². The molecular formula is C11H13F3N5O4P. The lowest BCUT2D eigenvalue weighted by molar-refractivity contribution is 0.0207. The molecule has 0 aliphatic carbocycles. The summed E-state index contributed by atoms with van der Waals surface area (Å²) in [6.07, 6.45) is -2.25. The van der Waals surface area contributed by atoms with Crippen molar-refractivity contribution in [2.75, 3.05) is 12.3 Å². The predicted molar refractivity (Wildman–Crippen MR) is 74.7 cm³/mol. The maximum absolute atomic E-state index is 14.5. The van der Waals surface area contributed by atoms with E-state index in [-0.39, 0.29) is 17.0 Å². The second-order valence-corrected chi connectivity index (χ2v) is 7.17. The van der Waals surface area contributed by atoms with Gasteiger partial charge in [0.15, 0.2) is 23.9 Å². The monoisotopic (exact) mass is 367 g/mol. The molecular weight excluding hydrogens is 354 g/mol. The van der Waals surface area contributed by atoms with E-state index in [0.717, 1.165) is 6.33 Å². The highest BCUT2D eigenvalue weighted by Gasteiger charge is 2.53. The third-order valence-electron chi connectivity index (χ3n) is 3.80. The average molecular weight is 367 g/mol. The third-order valence-corrected chi connectivity index (χ3v) is 4.83. The minimum absolute atomic E-state index is 0.0664. The number of nitrogens with two attached hydrogens (primary N) is 1. The van der Waals surface area contributed by atoms with E-state index in [9.17, 15) is 17.7 Å². The number of nitrogen functional groups attached to an aromatic ring is 1. The molecule has 1 saturated heterocycles. The fourth-order valence-corrected chi connectivity index (χ4v) is 3.01. The smallest absolute Gasteiger partial charge is 0.382 e. The number of hydrogen-bond acceptors (Lipinski definition) is 6. The molecule has 13 heteroatoms. The highest BCUT2D eigenvalue weighted by molar-refractivity contribution is 7.53. The molecule has 9 nitrogen and oxygen atoms in total. The number of imidazole rings is 1. The summed E-state index contributed by atoms with van der Waals surface area (Å²) in [5.41, 5.74) is 1.65. The van der Waals surface area contributed by atoms with E-state index in [1.54, 1.807) is 0 Å². The Balaban J connectivity index is 1.85. The standard InChI is InChI=1S/C11H13F3N5O4P/c12-6-5(1-11(13,14)24(20,21)22)2-23-10(6)19-4-18-7-8(15)16-3-17-9(7)19/h3-6,10H,1-2H2,(H2,15,16,17)(H2,20,21,22)/t5-,6-,10+/m0/s1. The van der Waals surface area contributed by atoms with E-state index >= 15 is 0 Å². The van der Waals surface area contributed by atoms with Crippen molar-refractivity contribution in [1.82, 2.24) is 19.5 Å². The Bertz CT molecular complexity index is 812. The Hall–Kier alpha value is -1.75. The first-order chi connectivity index (χ1) is 11.1. The van der Waals surface area contributed by atoms with E-state index in [2.05, 4.69) is 15.0 Å². The van der Waals surface area contributed by atoms with Crippen molar-refractivity contribution >= 4 is 24.6 Å². The molecule has 0 radical (unpaired) electrons. The Kier molecular flexibility index (Phi) is 4.03. The van der Waals surface area contributed by atoms with Crippen LogP contribution in [0.5, 0.6) is 0 Å². The molecule has 0 unspecified atom stereocenters. The maximum Gasteiger partial charge on any atom is 0.394 e. The van der Waals surface area contributed by atoms with Gasteiger partial charge in [0.25, 0.3) is 0 Å². The van der Waals surface area contributed by atoms with E-state index in [4.69, 9.17) is 20.3 Å². The number of nitrogens with zero attached hydrogens (tertiary/aromatic N) is 4. The number of rotatable bonds is 4. The number of hydrogen-bond donors (Lipinski definition) is 3. The summed E-state index contributed by atoms with van der Waals surface area (Å²) in [6.45, 7) is -0.429. The molecule has 132 valence electrons. The molecule has 3 heterocycles. The molecule has 1 fully saturated rings. The number of anilines is 1. The Morgan fingerprint density at radius 2 is 2.12 bits per heavy atom. The minimum atomic E-state index is -5.68. The minimum Gasteiger partial charge on any atom is -0.382 e. The fraction of sp³-hybridized carbons (Fsp3) is 0.545. The zero-order valence-corrected chi connectivity index (χ0v) is 12.9. The van der Waals surface area contributed by atoms with Gasteiger partial charge in [-0.3, -0.25) is 9.13 Å². The maximum atomic E-state index is 14.5. The highest BCUT2D eigenvalue weighted by atomic mass is 31.2. The number of fused-ring (bicyclic) bond motifs is 1. The molecule has 0 bridgehead atoms. The molecule has 1 aliphatic rings. The van der Waals surface area contributed by atoms with E-state index in [1.807, 2.05) is 0 Å². The van der Waals surface area contributed by atoms with Gasteiger partial charge in [-0.05, 0) is 0 Å². The van der Waals surface area contributed by atoms with Crippen LogP contribution in [0.15, 0.2) is 12.7 Å². The molecule has 2 aromatic heterocycles. The quantitative estimate of drug-likeness (QED) is 0.682. The zero-order chi connectivity index (χ0) is 17.7. The van der Waals surface area contributed by atoms with Gasteiger partial charge in [0.05, 0.1) is 12.9 Å². The number of aromatic nitrogens is 4. The van der Waals surface area contributed by atoms with Gasteiger partial charge in [0, 0.05) is 12.3 Å². The Morgan fingerprint density at radius 3 is 2.79 bits per heavy atom. The molecule has 1 aliphatic heterocycles. The van der Waals surface area contributed by atoms with Crippen molar-refractivity contribution in [2.45, 2.75) is 24.5 Å². The van der Waals surface area contributed by atoms with Crippen molar-refractivity contribution in [2.24, 2.45) is 5.92 Å². The Morgan fingerprint density at radius 1 is 1.42 bits per heavy atom. The van der Waals surface area contributed by atoms with Crippen LogP contribution in [0.1, 0.15) is 12.6 Å². The molecule has 3 rings (SSSR count). The van der Waals surface area contributed by atoms with Gasteiger partial charge in [-0.1, -0.05) is 0 Å². The van der Waals surface area contributed by atoms with Gasteiger partial charge in [-0.25, -0.2) is 19.3 Å². The SMILES string of the molecule is Nc1ncnc2c1ncn2[C@@H]1OC[C@H](CC(F)(F)P(=O)(O)O)[C@@H]1F. The van der Waals surface area contributed by atoms with Crippen LogP contribution in [-0.2, 0) is 9.30 Å². The molecule has 4 N–H and O–H groups in total. The molecule has 24 heavy (non-hydrogen) atoms. The summed E-state index contributed by atoms with van der Waals surface area (Å²) in [5.74, 6) is -1.33. The second-order valence-electron chi connectivity index (χ2n) is 5.43. The molecule has 0 aromatic carbocycles. The molecule has 2 aromatic rings. The van der Waals surface area contributed by atoms with Crippen LogP contribution in [0.4, 0.5) is 19.0 Å². The number of ether oxygens (including phenoxy) is 1. The number of alkyl halides is 3. The second kappa shape index (κ2) is 5.66. The van der Waals surface area contributed by atoms with Crippen LogP contribution in [0.25, 0.3) is 11.2 Å². The van der Waals surface area contributed by atoms with Crippen LogP contribution < -0.4 is 5.73 Å². The van der Waals surface area contributed by atoms with Crippen molar-refractivity contribution in [3.8, 4) is 0 Å². The lowest BCUT2D eigenvalue weighted by Crippen LogP contribution is -2.27. The van der Waals surface area contributed by atoms with Crippen molar-refractivity contribution in [3.63, 3.8) is 0 Å². The van der Waals surface area contributed by atoms with Gasteiger partial charge in [0.1, 0.15) is 11.8 Å². The third kappa shape index (κ3) is 2.75. The Labute approximate surface area is 132 Å². The summed E-state index contributed by atoms with van der Waals surface area (Å²) in [5, 5.41) is 0. The van der Waals surface area contributed by atoms with Gasteiger partial charge in [0.2, 0.25) is 0 Å². The first-order valence-electron chi connectivity index (χ1n) is 6.74. The molecule has 3 atom stereocenters. The molecule has 0 saturated carbocycles. The lowest BCUT2D eigenvalue weighted by Gasteiger charge is -2.22. The van der Waals surface area contributed by atoms with E-state index in [0.29, 0.717) is 0 Å². The summed E-state index contributed by atoms with van der Waals surface area (Å²) < 4.78 is 58.7. The first kappa shape index (κ1) is 17.1. The summed E-state index contributed by atoms with van der Waals surface area (Å²) in [6, 6.07) is 0. The van der Waals surface area contributed by atoms with Crippen LogP contribution >= 0.6 is 7.60 Å². The van der Waals surface area contributed by atoms with Crippen molar-refractivity contribution in [3.05, 3.63) is 12.7 Å². The molecule has 0 spiro atoms. The fourth-order valence-electron chi connectivity index (χ4n) is 2.53. The van der Waals surface area contributed by atoms with Crippen LogP contribution in [0.3, 0.4) is 0 Å². The van der Waals surface area contributed by atoms with Crippen molar-refractivity contribution in [1.29, 1.82) is 0 Å². The first-order valence-corrected chi connectivity index (χ1v) is 8.35. The van der Waals surface area contributed by atoms with Crippen LogP contribution in [-0.4, -0.2) is 47.7 Å². The summed E-state index contributed by atoms with van der Waals surface area (Å²) in [4.78, 5) is 28.9. The topological polar surface area (TPSA) is 136 Å². The van der Waals surface area contributed by atoms with Gasteiger partial charge < -0.3 is 20.3 Å². The predicted octanol–water partition coefficient (Wildman–Crippen LogP) is 1.05. The van der Waals surface area contributed by atoms with E-state index < -0.39 is 44.6 Å². The van der Waals surface area contributed by atoms with Crippen LogP contribution in [0.2, 0.25) is 0 Å². The number of halogens is 3. The average Bonchev–Trinajstić information content (AvgIpc) is 3.03. The van der Waals surface area contributed by atoms with Gasteiger partial charge in [-0.15, -0.1) is 0 Å². The summed E-state index contributed by atoms with van der Waals surface area (Å²) >= 11 is 0.